The molecule has 0 bridgehead atoms. The number of aryl methyl sites for hydroxylation is 1. The number of carbonyl (C=O) groups excluding carboxylic acids is 1. The lowest BCUT2D eigenvalue weighted by molar-refractivity contribution is 0.210. The smallest absolute Gasteiger partial charge is 0.321 e. The molecule has 5 heteroatoms. The number of hydrogen-bond donors (Lipinski definition) is 1. The second-order valence-corrected chi connectivity index (χ2v) is 4.91. The van der Waals surface area contributed by atoms with Crippen LogP contribution in [-0.2, 0) is 0 Å². The summed E-state index contributed by atoms with van der Waals surface area (Å²) >= 11 is 0. The first-order valence-electron chi connectivity index (χ1n) is 7.20. The van der Waals surface area contributed by atoms with E-state index in [0.717, 1.165) is 11.3 Å². The number of benzene rings is 1. The zero-order valence-corrected chi connectivity index (χ0v) is 13.1. The van der Waals surface area contributed by atoms with Crippen LogP contribution in [0.4, 0.5) is 10.5 Å². The van der Waals surface area contributed by atoms with Crippen molar-refractivity contribution in [1.29, 1.82) is 5.26 Å². The van der Waals surface area contributed by atoms with Gasteiger partial charge in [0.05, 0.1) is 18.6 Å². The predicted molar refractivity (Wildman–Crippen MR) is 83.4 cm³/mol. The topological polar surface area (TPSA) is 65.4 Å². The standard InChI is InChI=1S/C16H23N3O2/c1-5-19(11-12(3)10-17)16(20)18-14-8-7-13(4)15(9-14)21-6-2/h7-9,12H,5-6,11H2,1-4H3,(H,18,20)/t12-/m1/s1. The van der Waals surface area contributed by atoms with Crippen molar-refractivity contribution in [3.05, 3.63) is 23.8 Å². The van der Waals surface area contributed by atoms with Crippen LogP contribution in [0, 0.1) is 24.2 Å². The third-order valence-electron chi connectivity index (χ3n) is 3.12. The van der Waals surface area contributed by atoms with E-state index in [0.29, 0.717) is 25.4 Å². The minimum atomic E-state index is -0.203. The summed E-state index contributed by atoms with van der Waals surface area (Å²) in [6, 6.07) is 7.51. The van der Waals surface area contributed by atoms with Crippen molar-refractivity contribution >= 4 is 11.7 Å². The lowest BCUT2D eigenvalue weighted by atomic mass is 10.2. The molecule has 1 aromatic rings. The molecule has 0 saturated heterocycles. The number of ether oxygens (including phenoxy) is 1. The van der Waals surface area contributed by atoms with Crippen LogP contribution in [0.15, 0.2) is 18.2 Å². The van der Waals surface area contributed by atoms with Crippen LogP contribution >= 0.6 is 0 Å². The van der Waals surface area contributed by atoms with Gasteiger partial charge in [-0.2, -0.15) is 5.26 Å². The molecule has 0 radical (unpaired) electrons. The summed E-state index contributed by atoms with van der Waals surface area (Å²) in [5.41, 5.74) is 1.72. The molecule has 0 aliphatic rings. The van der Waals surface area contributed by atoms with E-state index < -0.39 is 0 Å². The van der Waals surface area contributed by atoms with Crippen molar-refractivity contribution in [2.75, 3.05) is 25.0 Å². The maximum Gasteiger partial charge on any atom is 0.321 e. The Morgan fingerprint density at radius 2 is 2.19 bits per heavy atom. The Labute approximate surface area is 126 Å². The van der Waals surface area contributed by atoms with Gasteiger partial charge >= 0.3 is 6.03 Å². The van der Waals surface area contributed by atoms with Crippen LogP contribution in [0.5, 0.6) is 5.75 Å². The number of rotatable bonds is 6. The lowest BCUT2D eigenvalue weighted by Crippen LogP contribution is -2.37. The van der Waals surface area contributed by atoms with E-state index in [4.69, 9.17) is 10.00 Å². The Kier molecular flexibility index (Phi) is 6.54. The molecule has 0 saturated carbocycles. The third-order valence-corrected chi connectivity index (χ3v) is 3.12. The molecule has 1 rings (SSSR count). The minimum absolute atomic E-state index is 0.187. The number of hydrogen-bond acceptors (Lipinski definition) is 3. The van der Waals surface area contributed by atoms with Gasteiger partial charge in [0.2, 0.25) is 0 Å². The maximum absolute atomic E-state index is 12.2. The van der Waals surface area contributed by atoms with Gasteiger partial charge in [-0.05, 0) is 39.3 Å². The monoisotopic (exact) mass is 289 g/mol. The lowest BCUT2D eigenvalue weighted by Gasteiger charge is -2.22. The average Bonchev–Trinajstić information content (AvgIpc) is 2.48. The van der Waals surface area contributed by atoms with E-state index in [-0.39, 0.29) is 11.9 Å². The first kappa shape index (κ1) is 16.8. The molecular weight excluding hydrogens is 266 g/mol. The summed E-state index contributed by atoms with van der Waals surface area (Å²) in [5.74, 6) is 0.580. The fraction of sp³-hybridized carbons (Fsp3) is 0.500. The maximum atomic E-state index is 12.2. The summed E-state index contributed by atoms with van der Waals surface area (Å²) in [4.78, 5) is 13.8. The van der Waals surface area contributed by atoms with Crippen LogP contribution in [-0.4, -0.2) is 30.6 Å². The highest BCUT2D eigenvalue weighted by molar-refractivity contribution is 5.89. The van der Waals surface area contributed by atoms with Crippen LogP contribution in [0.25, 0.3) is 0 Å². The molecule has 0 heterocycles. The van der Waals surface area contributed by atoms with Gasteiger partial charge in [0.25, 0.3) is 0 Å². The van der Waals surface area contributed by atoms with Crippen LogP contribution in [0.1, 0.15) is 26.3 Å². The number of nitrogens with zero attached hydrogens (tertiary/aromatic N) is 2. The molecule has 0 unspecified atom stereocenters. The predicted octanol–water partition coefficient (Wildman–Crippen LogP) is 3.41. The molecule has 0 fully saturated rings. The van der Waals surface area contributed by atoms with Gasteiger partial charge in [-0.15, -0.1) is 0 Å². The zero-order chi connectivity index (χ0) is 15.8. The van der Waals surface area contributed by atoms with Crippen molar-refractivity contribution < 1.29 is 9.53 Å². The molecule has 0 aromatic heterocycles. The van der Waals surface area contributed by atoms with Gasteiger partial charge in [-0.25, -0.2) is 4.79 Å². The molecule has 21 heavy (non-hydrogen) atoms. The molecule has 0 aliphatic heterocycles. The van der Waals surface area contributed by atoms with E-state index in [1.165, 1.54) is 0 Å². The van der Waals surface area contributed by atoms with Crippen molar-refractivity contribution in [2.45, 2.75) is 27.7 Å². The summed E-state index contributed by atoms with van der Waals surface area (Å²) < 4.78 is 5.52. The summed E-state index contributed by atoms with van der Waals surface area (Å²) in [6.07, 6.45) is 0. The van der Waals surface area contributed by atoms with E-state index in [1.54, 1.807) is 11.8 Å². The highest BCUT2D eigenvalue weighted by Crippen LogP contribution is 2.23. The van der Waals surface area contributed by atoms with Crippen molar-refractivity contribution in [2.24, 2.45) is 5.92 Å². The fourth-order valence-corrected chi connectivity index (χ4v) is 1.92. The molecule has 1 atom stereocenters. The van der Waals surface area contributed by atoms with E-state index in [9.17, 15) is 4.79 Å². The highest BCUT2D eigenvalue weighted by Gasteiger charge is 2.15. The average molecular weight is 289 g/mol. The van der Waals surface area contributed by atoms with Gasteiger partial charge in [-0.1, -0.05) is 6.07 Å². The Morgan fingerprint density at radius 3 is 2.76 bits per heavy atom. The molecule has 5 nitrogen and oxygen atoms in total. The Hall–Kier alpha value is -2.22. The number of carbonyl (C=O) groups is 1. The first-order chi connectivity index (χ1) is 10.0. The molecule has 1 N–H and O–H groups in total. The van der Waals surface area contributed by atoms with Crippen molar-refractivity contribution in [3.63, 3.8) is 0 Å². The molecule has 0 spiro atoms. The zero-order valence-electron chi connectivity index (χ0n) is 13.1. The minimum Gasteiger partial charge on any atom is -0.494 e. The largest absolute Gasteiger partial charge is 0.494 e. The van der Waals surface area contributed by atoms with Crippen LogP contribution in [0.2, 0.25) is 0 Å². The van der Waals surface area contributed by atoms with E-state index in [1.807, 2.05) is 39.0 Å². The number of amides is 2. The first-order valence-corrected chi connectivity index (χ1v) is 7.20. The molecule has 0 aliphatic carbocycles. The van der Waals surface area contributed by atoms with E-state index in [2.05, 4.69) is 11.4 Å². The Bertz CT molecular complexity index is 523. The molecule has 1 aromatic carbocycles. The molecule has 114 valence electrons. The Balaban J connectivity index is 2.77. The van der Waals surface area contributed by atoms with Gasteiger partial charge in [-0.3, -0.25) is 0 Å². The second kappa shape index (κ2) is 8.15. The Morgan fingerprint density at radius 1 is 1.48 bits per heavy atom. The fourth-order valence-electron chi connectivity index (χ4n) is 1.92. The summed E-state index contributed by atoms with van der Waals surface area (Å²) in [6.45, 7) is 9.14. The third kappa shape index (κ3) is 4.99. The van der Waals surface area contributed by atoms with Crippen molar-refractivity contribution in [3.8, 4) is 11.8 Å². The van der Waals surface area contributed by atoms with Crippen LogP contribution < -0.4 is 10.1 Å². The molecule has 2 amide bonds. The highest BCUT2D eigenvalue weighted by atomic mass is 16.5. The number of nitrogens with one attached hydrogen (secondary N) is 1. The van der Waals surface area contributed by atoms with E-state index >= 15 is 0 Å². The number of nitriles is 1. The second-order valence-electron chi connectivity index (χ2n) is 4.91. The van der Waals surface area contributed by atoms with Crippen molar-refractivity contribution in [1.82, 2.24) is 4.90 Å². The van der Waals surface area contributed by atoms with Gasteiger partial charge in [0, 0.05) is 24.8 Å². The SMILES string of the molecule is CCOc1cc(NC(=O)N(CC)C[C@H](C)C#N)ccc1C. The number of urea groups is 1. The normalized spacial score (nSPS) is 11.4. The van der Waals surface area contributed by atoms with Gasteiger partial charge in [0.15, 0.2) is 0 Å². The number of anilines is 1. The summed E-state index contributed by atoms with van der Waals surface area (Å²) in [7, 11) is 0. The van der Waals surface area contributed by atoms with Crippen LogP contribution in [0.3, 0.4) is 0 Å². The summed E-state index contributed by atoms with van der Waals surface area (Å²) in [5, 5.41) is 11.7. The van der Waals surface area contributed by atoms with Gasteiger partial charge in [0.1, 0.15) is 5.75 Å². The van der Waals surface area contributed by atoms with Gasteiger partial charge < -0.3 is 15.0 Å². The quantitative estimate of drug-likeness (QED) is 0.872. The molecular formula is C16H23N3O2.